The van der Waals surface area contributed by atoms with Gasteiger partial charge in [0.2, 0.25) is 0 Å². The van der Waals surface area contributed by atoms with Gasteiger partial charge in [-0.05, 0) is 68.9 Å². The number of aliphatic hydroxyl groups is 2. The number of benzene rings is 1. The molecule has 1 aromatic rings. The van der Waals surface area contributed by atoms with Crippen LogP contribution in [-0.2, 0) is 6.54 Å². The van der Waals surface area contributed by atoms with Crippen molar-refractivity contribution in [2.24, 2.45) is 5.92 Å². The molecular weight excluding hydrogens is 324 g/mol. The van der Waals surface area contributed by atoms with Crippen molar-refractivity contribution < 1.29 is 10.2 Å². The van der Waals surface area contributed by atoms with Gasteiger partial charge in [-0.15, -0.1) is 0 Å². The van der Waals surface area contributed by atoms with Gasteiger partial charge in [0.15, 0.2) is 0 Å². The Bertz CT molecular complexity index is 597. The van der Waals surface area contributed by atoms with Crippen LogP contribution in [0.5, 0.6) is 0 Å². The van der Waals surface area contributed by atoms with Crippen molar-refractivity contribution in [1.82, 2.24) is 9.80 Å². The highest BCUT2D eigenvalue weighted by atomic mass is 16.3. The standard InChI is InChI=1S/C22H32N2O2/c25-15-2-1-4-19-6-8-20(9-7-19)16-23-12-3-5-22(17-23)24-13-10-21(18-26)11-14-24/h6-9,21-22,25-26H,2-3,5,10-18H2. The summed E-state index contributed by atoms with van der Waals surface area (Å²) in [5.74, 6) is 6.58. The van der Waals surface area contributed by atoms with Crippen LogP contribution in [0, 0.1) is 17.8 Å². The summed E-state index contributed by atoms with van der Waals surface area (Å²) in [6.45, 7) is 6.11. The number of hydrogen-bond acceptors (Lipinski definition) is 4. The molecule has 4 nitrogen and oxygen atoms in total. The van der Waals surface area contributed by atoms with Gasteiger partial charge in [0.25, 0.3) is 0 Å². The molecule has 1 atom stereocenters. The van der Waals surface area contributed by atoms with Gasteiger partial charge < -0.3 is 10.2 Å². The van der Waals surface area contributed by atoms with Gasteiger partial charge in [-0.3, -0.25) is 9.80 Å². The van der Waals surface area contributed by atoms with Crippen LogP contribution < -0.4 is 0 Å². The highest BCUT2D eigenvalue weighted by molar-refractivity contribution is 5.36. The van der Waals surface area contributed by atoms with E-state index in [0.717, 1.165) is 44.6 Å². The van der Waals surface area contributed by atoms with Crippen LogP contribution >= 0.6 is 0 Å². The fraction of sp³-hybridized carbons (Fsp3) is 0.636. The first kappa shape index (κ1) is 19.4. The van der Waals surface area contributed by atoms with Crippen LogP contribution in [0.3, 0.4) is 0 Å². The minimum atomic E-state index is 0.124. The third kappa shape index (κ3) is 5.56. The van der Waals surface area contributed by atoms with Crippen molar-refractivity contribution in [2.45, 2.75) is 44.7 Å². The lowest BCUT2D eigenvalue weighted by atomic mass is 9.94. The fourth-order valence-corrected chi connectivity index (χ4v) is 4.15. The van der Waals surface area contributed by atoms with Gasteiger partial charge in [0, 0.05) is 37.7 Å². The van der Waals surface area contributed by atoms with Crippen LogP contribution in [-0.4, -0.2) is 65.4 Å². The highest BCUT2D eigenvalue weighted by Gasteiger charge is 2.28. The number of aliphatic hydroxyl groups excluding tert-OH is 2. The van der Waals surface area contributed by atoms with Gasteiger partial charge in [-0.1, -0.05) is 24.0 Å². The zero-order chi connectivity index (χ0) is 18.2. The van der Waals surface area contributed by atoms with E-state index in [-0.39, 0.29) is 6.61 Å². The zero-order valence-electron chi connectivity index (χ0n) is 15.7. The molecule has 0 aromatic heterocycles. The molecule has 2 saturated heterocycles. The van der Waals surface area contributed by atoms with Crippen molar-refractivity contribution in [3.63, 3.8) is 0 Å². The molecule has 0 spiro atoms. The summed E-state index contributed by atoms with van der Waals surface area (Å²) in [5.41, 5.74) is 2.36. The SMILES string of the molecule is OCCC#Cc1ccc(CN2CCCC(N3CCC(CO)CC3)C2)cc1. The molecule has 1 unspecified atom stereocenters. The molecule has 26 heavy (non-hydrogen) atoms. The summed E-state index contributed by atoms with van der Waals surface area (Å²) in [5, 5.41) is 18.1. The van der Waals surface area contributed by atoms with Gasteiger partial charge in [0.1, 0.15) is 0 Å². The Labute approximate surface area is 157 Å². The molecule has 0 radical (unpaired) electrons. The Morgan fingerprint density at radius 1 is 1.00 bits per heavy atom. The maximum absolute atomic E-state index is 9.33. The first-order chi connectivity index (χ1) is 12.8. The average molecular weight is 357 g/mol. The average Bonchev–Trinajstić information content (AvgIpc) is 2.70. The highest BCUT2D eigenvalue weighted by Crippen LogP contribution is 2.24. The summed E-state index contributed by atoms with van der Waals surface area (Å²) in [7, 11) is 0. The minimum absolute atomic E-state index is 0.124. The third-order valence-electron chi connectivity index (χ3n) is 5.73. The maximum Gasteiger partial charge on any atom is 0.0540 e. The van der Waals surface area contributed by atoms with Crippen LogP contribution in [0.2, 0.25) is 0 Å². The van der Waals surface area contributed by atoms with E-state index in [9.17, 15) is 5.11 Å². The van der Waals surface area contributed by atoms with E-state index < -0.39 is 0 Å². The molecule has 0 amide bonds. The van der Waals surface area contributed by atoms with Crippen LogP contribution in [0.15, 0.2) is 24.3 Å². The molecule has 0 bridgehead atoms. The van der Waals surface area contributed by atoms with Crippen molar-refractivity contribution >= 4 is 0 Å². The predicted octanol–water partition coefficient (Wildman–Crippen LogP) is 2.09. The van der Waals surface area contributed by atoms with Crippen molar-refractivity contribution in [2.75, 3.05) is 39.4 Å². The van der Waals surface area contributed by atoms with E-state index in [4.69, 9.17) is 5.11 Å². The molecule has 0 saturated carbocycles. The van der Waals surface area contributed by atoms with Crippen molar-refractivity contribution in [1.29, 1.82) is 0 Å². The van der Waals surface area contributed by atoms with E-state index in [1.165, 1.54) is 24.9 Å². The second kappa shape index (κ2) is 10.1. The first-order valence-corrected chi connectivity index (χ1v) is 10.0. The Morgan fingerprint density at radius 2 is 1.77 bits per heavy atom. The fourth-order valence-electron chi connectivity index (χ4n) is 4.15. The van der Waals surface area contributed by atoms with E-state index in [0.29, 0.717) is 25.0 Å². The predicted molar refractivity (Wildman–Crippen MR) is 105 cm³/mol. The number of rotatable bonds is 5. The molecule has 142 valence electrons. The maximum atomic E-state index is 9.33. The second-order valence-electron chi connectivity index (χ2n) is 7.67. The smallest absolute Gasteiger partial charge is 0.0540 e. The lowest BCUT2D eigenvalue weighted by Crippen LogP contribution is -2.50. The summed E-state index contributed by atoms with van der Waals surface area (Å²) in [6.07, 6.45) is 5.40. The molecular formula is C22H32N2O2. The van der Waals surface area contributed by atoms with E-state index in [1.807, 2.05) is 0 Å². The summed E-state index contributed by atoms with van der Waals surface area (Å²) < 4.78 is 0. The normalized spacial score (nSPS) is 22.8. The zero-order valence-corrected chi connectivity index (χ0v) is 15.7. The van der Waals surface area contributed by atoms with Crippen molar-refractivity contribution in [3.8, 4) is 11.8 Å². The quantitative estimate of drug-likeness (QED) is 0.793. The summed E-state index contributed by atoms with van der Waals surface area (Å²) >= 11 is 0. The molecule has 2 N–H and O–H groups in total. The van der Waals surface area contributed by atoms with Gasteiger partial charge in [-0.25, -0.2) is 0 Å². The molecule has 4 heteroatoms. The van der Waals surface area contributed by atoms with E-state index in [2.05, 4.69) is 45.9 Å². The van der Waals surface area contributed by atoms with Crippen LogP contribution in [0.4, 0.5) is 0 Å². The van der Waals surface area contributed by atoms with Crippen LogP contribution in [0.1, 0.15) is 43.2 Å². The Morgan fingerprint density at radius 3 is 2.46 bits per heavy atom. The number of hydrogen-bond donors (Lipinski definition) is 2. The third-order valence-corrected chi connectivity index (χ3v) is 5.73. The largest absolute Gasteiger partial charge is 0.396 e. The molecule has 3 rings (SSSR count). The summed E-state index contributed by atoms with van der Waals surface area (Å²) in [6, 6.07) is 9.20. The van der Waals surface area contributed by atoms with Gasteiger partial charge in [-0.2, -0.15) is 0 Å². The van der Waals surface area contributed by atoms with Gasteiger partial charge >= 0.3 is 0 Å². The van der Waals surface area contributed by atoms with E-state index >= 15 is 0 Å². The molecule has 0 aliphatic carbocycles. The Hall–Kier alpha value is -1.38. The molecule has 1 aromatic carbocycles. The van der Waals surface area contributed by atoms with Gasteiger partial charge in [0.05, 0.1) is 6.61 Å². The second-order valence-corrected chi connectivity index (χ2v) is 7.67. The monoisotopic (exact) mass is 356 g/mol. The number of likely N-dealkylation sites (tertiary alicyclic amines) is 2. The molecule has 2 heterocycles. The Balaban J connectivity index is 1.50. The lowest BCUT2D eigenvalue weighted by Gasteiger charge is -2.42. The van der Waals surface area contributed by atoms with E-state index in [1.54, 1.807) is 0 Å². The first-order valence-electron chi connectivity index (χ1n) is 10.0. The lowest BCUT2D eigenvalue weighted by molar-refractivity contribution is 0.0544. The number of piperidine rings is 2. The minimum Gasteiger partial charge on any atom is -0.396 e. The summed E-state index contributed by atoms with van der Waals surface area (Å²) in [4.78, 5) is 5.23. The Kier molecular flexibility index (Phi) is 7.52. The topological polar surface area (TPSA) is 46.9 Å². The molecule has 2 aliphatic heterocycles. The van der Waals surface area contributed by atoms with Crippen LogP contribution in [0.25, 0.3) is 0 Å². The van der Waals surface area contributed by atoms with Crippen molar-refractivity contribution in [3.05, 3.63) is 35.4 Å². The number of nitrogens with zero attached hydrogens (tertiary/aromatic N) is 2. The molecule has 2 fully saturated rings. The molecule has 2 aliphatic rings.